The Morgan fingerprint density at radius 2 is 1.95 bits per heavy atom. The number of hydrogen-bond donors (Lipinski definition) is 1. The van der Waals surface area contributed by atoms with Crippen molar-refractivity contribution < 1.29 is 0 Å². The van der Waals surface area contributed by atoms with Crippen LogP contribution < -0.4 is 10.6 Å². The number of rotatable bonds is 3. The molecule has 0 spiro atoms. The Labute approximate surface area is 115 Å². The van der Waals surface area contributed by atoms with Crippen molar-refractivity contribution in [2.75, 3.05) is 24.7 Å². The Hall–Kier alpha value is -1.71. The fourth-order valence-electron chi connectivity index (χ4n) is 2.14. The quantitative estimate of drug-likeness (QED) is 0.863. The monoisotopic (exact) mass is 260 g/mol. The van der Waals surface area contributed by atoms with Crippen LogP contribution in [0.1, 0.15) is 27.2 Å². The molecule has 19 heavy (non-hydrogen) atoms. The lowest BCUT2D eigenvalue weighted by Crippen LogP contribution is -2.17. The third kappa shape index (κ3) is 3.00. The number of nitrogens with zero attached hydrogens (tertiary/aromatic N) is 3. The highest BCUT2D eigenvalue weighted by Crippen LogP contribution is 2.27. The van der Waals surface area contributed by atoms with Crippen molar-refractivity contribution in [1.82, 2.24) is 9.55 Å². The summed E-state index contributed by atoms with van der Waals surface area (Å²) in [5.74, 6) is 0.991. The standard InChI is InChI=1S/C15H24N4/c1-15(2,3)8-9-19-13-7-6-11(16)10-12(13)17-14(19)18(4)5/h6-7,10H,8-9,16H2,1-5H3. The molecule has 0 aliphatic carbocycles. The van der Waals surface area contributed by atoms with Crippen LogP contribution in [-0.2, 0) is 6.54 Å². The van der Waals surface area contributed by atoms with Gasteiger partial charge >= 0.3 is 0 Å². The fourth-order valence-corrected chi connectivity index (χ4v) is 2.14. The van der Waals surface area contributed by atoms with Crippen molar-refractivity contribution in [3.63, 3.8) is 0 Å². The van der Waals surface area contributed by atoms with E-state index in [-0.39, 0.29) is 0 Å². The summed E-state index contributed by atoms with van der Waals surface area (Å²) in [6.07, 6.45) is 1.11. The maximum Gasteiger partial charge on any atom is 0.206 e. The molecule has 0 amide bonds. The molecule has 1 aromatic heterocycles. The summed E-state index contributed by atoms with van der Waals surface area (Å²) in [5.41, 5.74) is 9.04. The molecule has 0 radical (unpaired) electrons. The second-order valence-corrected chi connectivity index (χ2v) is 6.52. The molecule has 4 heteroatoms. The maximum atomic E-state index is 5.84. The van der Waals surface area contributed by atoms with E-state index in [1.54, 1.807) is 0 Å². The number of anilines is 2. The average Bonchev–Trinajstić information content (AvgIpc) is 2.63. The third-order valence-electron chi connectivity index (χ3n) is 3.24. The van der Waals surface area contributed by atoms with Gasteiger partial charge in [-0.3, -0.25) is 0 Å². The van der Waals surface area contributed by atoms with E-state index in [0.29, 0.717) is 5.41 Å². The average molecular weight is 260 g/mol. The minimum atomic E-state index is 0.313. The molecule has 2 rings (SSSR count). The third-order valence-corrected chi connectivity index (χ3v) is 3.24. The van der Waals surface area contributed by atoms with Crippen molar-refractivity contribution in [2.24, 2.45) is 5.41 Å². The maximum absolute atomic E-state index is 5.84. The van der Waals surface area contributed by atoms with Crippen molar-refractivity contribution in [3.8, 4) is 0 Å². The van der Waals surface area contributed by atoms with E-state index >= 15 is 0 Å². The molecule has 0 saturated heterocycles. The fraction of sp³-hybridized carbons (Fsp3) is 0.533. The summed E-state index contributed by atoms with van der Waals surface area (Å²) in [7, 11) is 4.05. The molecule has 1 aromatic carbocycles. The minimum Gasteiger partial charge on any atom is -0.399 e. The number of aromatic nitrogens is 2. The molecule has 1 heterocycles. The van der Waals surface area contributed by atoms with Crippen LogP contribution in [0.25, 0.3) is 11.0 Å². The molecule has 2 N–H and O–H groups in total. The van der Waals surface area contributed by atoms with Gasteiger partial charge in [-0.25, -0.2) is 4.98 Å². The number of hydrogen-bond acceptors (Lipinski definition) is 3. The highest BCUT2D eigenvalue weighted by atomic mass is 15.3. The van der Waals surface area contributed by atoms with Crippen LogP contribution >= 0.6 is 0 Å². The molecule has 0 unspecified atom stereocenters. The summed E-state index contributed by atoms with van der Waals surface area (Å²) in [6, 6.07) is 5.94. The van der Waals surface area contributed by atoms with Crippen LogP contribution in [0.2, 0.25) is 0 Å². The van der Waals surface area contributed by atoms with Gasteiger partial charge in [-0.2, -0.15) is 0 Å². The van der Waals surface area contributed by atoms with Gasteiger partial charge < -0.3 is 15.2 Å². The Morgan fingerprint density at radius 1 is 1.26 bits per heavy atom. The number of nitrogen functional groups attached to an aromatic ring is 1. The van der Waals surface area contributed by atoms with E-state index in [9.17, 15) is 0 Å². The molecular weight excluding hydrogens is 236 g/mol. The first-order valence-electron chi connectivity index (χ1n) is 6.71. The van der Waals surface area contributed by atoms with Crippen molar-refractivity contribution in [2.45, 2.75) is 33.7 Å². The van der Waals surface area contributed by atoms with Gasteiger partial charge in [0.25, 0.3) is 0 Å². The molecular formula is C15H24N4. The Bertz CT molecular complexity index is 576. The molecule has 4 nitrogen and oxygen atoms in total. The molecule has 0 bridgehead atoms. The van der Waals surface area contributed by atoms with Crippen molar-refractivity contribution >= 4 is 22.7 Å². The Kier molecular flexibility index (Phi) is 3.43. The van der Waals surface area contributed by atoms with Gasteiger partial charge in [0.05, 0.1) is 11.0 Å². The summed E-state index contributed by atoms with van der Waals surface area (Å²) in [5, 5.41) is 0. The molecule has 0 aliphatic heterocycles. The number of aryl methyl sites for hydroxylation is 1. The van der Waals surface area contributed by atoms with E-state index in [2.05, 4.69) is 41.3 Å². The van der Waals surface area contributed by atoms with E-state index in [0.717, 1.165) is 35.6 Å². The van der Waals surface area contributed by atoms with Crippen LogP contribution in [0.5, 0.6) is 0 Å². The van der Waals surface area contributed by atoms with Crippen molar-refractivity contribution in [1.29, 1.82) is 0 Å². The highest BCUT2D eigenvalue weighted by molar-refractivity contribution is 5.82. The first kappa shape index (κ1) is 13.7. The van der Waals surface area contributed by atoms with Crippen molar-refractivity contribution in [3.05, 3.63) is 18.2 Å². The van der Waals surface area contributed by atoms with Crippen LogP contribution in [-0.4, -0.2) is 23.6 Å². The Balaban J connectivity index is 2.46. The highest BCUT2D eigenvalue weighted by Gasteiger charge is 2.16. The van der Waals surface area contributed by atoms with Crippen LogP contribution in [0, 0.1) is 5.41 Å². The van der Waals surface area contributed by atoms with Gasteiger partial charge in [0.2, 0.25) is 5.95 Å². The summed E-state index contributed by atoms with van der Waals surface area (Å²) < 4.78 is 2.28. The summed E-state index contributed by atoms with van der Waals surface area (Å²) in [6.45, 7) is 7.76. The second kappa shape index (κ2) is 4.76. The van der Waals surface area contributed by atoms with Crippen LogP contribution in [0.4, 0.5) is 11.6 Å². The van der Waals surface area contributed by atoms with E-state index in [1.165, 1.54) is 0 Å². The number of imidazole rings is 1. The molecule has 104 valence electrons. The van der Waals surface area contributed by atoms with E-state index in [1.807, 2.05) is 26.2 Å². The topological polar surface area (TPSA) is 47.1 Å². The lowest BCUT2D eigenvalue weighted by Gasteiger charge is -2.21. The first-order chi connectivity index (χ1) is 8.78. The SMILES string of the molecule is CN(C)c1nc2cc(N)ccc2n1CCC(C)(C)C. The second-order valence-electron chi connectivity index (χ2n) is 6.52. The van der Waals surface area contributed by atoms with Gasteiger partial charge in [0, 0.05) is 26.3 Å². The number of fused-ring (bicyclic) bond motifs is 1. The molecule has 0 aliphatic rings. The van der Waals surface area contributed by atoms with Crippen LogP contribution in [0.15, 0.2) is 18.2 Å². The summed E-state index contributed by atoms with van der Waals surface area (Å²) >= 11 is 0. The largest absolute Gasteiger partial charge is 0.399 e. The molecule has 0 saturated carbocycles. The van der Waals surface area contributed by atoms with Gasteiger partial charge in [-0.05, 0) is 30.0 Å². The smallest absolute Gasteiger partial charge is 0.206 e. The Morgan fingerprint density at radius 3 is 2.53 bits per heavy atom. The molecule has 2 aromatic rings. The predicted molar refractivity (Wildman–Crippen MR) is 82.5 cm³/mol. The van der Waals surface area contributed by atoms with Gasteiger partial charge in [0.15, 0.2) is 0 Å². The minimum absolute atomic E-state index is 0.313. The van der Waals surface area contributed by atoms with Gasteiger partial charge in [0.1, 0.15) is 0 Å². The summed E-state index contributed by atoms with van der Waals surface area (Å²) in [4.78, 5) is 6.74. The van der Waals surface area contributed by atoms with Crippen LogP contribution in [0.3, 0.4) is 0 Å². The zero-order valence-electron chi connectivity index (χ0n) is 12.6. The number of benzene rings is 1. The van der Waals surface area contributed by atoms with Gasteiger partial charge in [-0.1, -0.05) is 20.8 Å². The molecule has 0 fully saturated rings. The van der Waals surface area contributed by atoms with E-state index < -0.39 is 0 Å². The zero-order chi connectivity index (χ0) is 14.2. The zero-order valence-corrected chi connectivity index (χ0v) is 12.6. The van der Waals surface area contributed by atoms with E-state index in [4.69, 9.17) is 5.73 Å². The number of nitrogens with two attached hydrogens (primary N) is 1. The molecule has 0 atom stereocenters. The van der Waals surface area contributed by atoms with Gasteiger partial charge in [-0.15, -0.1) is 0 Å². The lowest BCUT2D eigenvalue weighted by molar-refractivity contribution is 0.353. The normalized spacial score (nSPS) is 12.1. The lowest BCUT2D eigenvalue weighted by atomic mass is 9.92. The first-order valence-corrected chi connectivity index (χ1v) is 6.71. The predicted octanol–water partition coefficient (Wildman–Crippen LogP) is 3.12.